The first kappa shape index (κ1) is 13.9. The molecule has 1 aromatic rings. The molecule has 0 saturated heterocycles. The predicted octanol–water partition coefficient (Wildman–Crippen LogP) is 4.06. The Hall–Kier alpha value is -0.540. The summed E-state index contributed by atoms with van der Waals surface area (Å²) in [6, 6.07) is 7.00. The number of hydrogen-bond acceptors (Lipinski definition) is 2. The maximum atomic E-state index is 5.99. The standard InChI is InChI=1S/C15H22BrNO/c1-11-5-6-13(16)10-15(11)18-12(2)4-3-9-17-14-7-8-14/h5-6,10,12,14,17H,3-4,7-9H2,1-2H3. The fraction of sp³-hybridized carbons (Fsp3) is 0.600. The van der Waals surface area contributed by atoms with E-state index in [0.717, 1.165) is 29.2 Å². The number of hydrogen-bond donors (Lipinski definition) is 1. The molecule has 2 rings (SSSR count). The maximum absolute atomic E-state index is 5.99. The fourth-order valence-electron chi connectivity index (χ4n) is 1.96. The molecule has 1 atom stereocenters. The molecule has 3 heteroatoms. The molecule has 1 saturated carbocycles. The Balaban J connectivity index is 1.71. The van der Waals surface area contributed by atoms with Gasteiger partial charge < -0.3 is 10.1 Å². The zero-order valence-electron chi connectivity index (χ0n) is 11.2. The second-order valence-corrected chi connectivity index (χ2v) is 6.12. The third-order valence-electron chi connectivity index (χ3n) is 3.28. The van der Waals surface area contributed by atoms with Crippen molar-refractivity contribution in [3.05, 3.63) is 28.2 Å². The van der Waals surface area contributed by atoms with Crippen molar-refractivity contribution < 1.29 is 4.74 Å². The number of benzene rings is 1. The highest BCUT2D eigenvalue weighted by atomic mass is 79.9. The Bertz CT molecular complexity index is 390. The van der Waals surface area contributed by atoms with Gasteiger partial charge in [-0.15, -0.1) is 0 Å². The van der Waals surface area contributed by atoms with E-state index in [1.54, 1.807) is 0 Å². The van der Waals surface area contributed by atoms with Crippen molar-refractivity contribution in [2.24, 2.45) is 0 Å². The van der Waals surface area contributed by atoms with E-state index in [1.807, 2.05) is 12.1 Å². The smallest absolute Gasteiger partial charge is 0.123 e. The lowest BCUT2D eigenvalue weighted by Crippen LogP contribution is -2.20. The molecule has 100 valence electrons. The van der Waals surface area contributed by atoms with Crippen LogP contribution in [0.3, 0.4) is 0 Å². The average molecular weight is 312 g/mol. The summed E-state index contributed by atoms with van der Waals surface area (Å²) in [4.78, 5) is 0. The Morgan fingerprint density at radius 3 is 2.94 bits per heavy atom. The molecule has 0 radical (unpaired) electrons. The highest BCUT2D eigenvalue weighted by Gasteiger charge is 2.19. The lowest BCUT2D eigenvalue weighted by molar-refractivity contribution is 0.206. The summed E-state index contributed by atoms with van der Waals surface area (Å²) in [7, 11) is 0. The van der Waals surface area contributed by atoms with Gasteiger partial charge in [-0.05, 0) is 63.8 Å². The van der Waals surface area contributed by atoms with Crippen LogP contribution < -0.4 is 10.1 Å². The number of rotatable bonds is 7. The molecule has 1 aromatic carbocycles. The van der Waals surface area contributed by atoms with E-state index in [4.69, 9.17) is 4.74 Å². The van der Waals surface area contributed by atoms with Crippen molar-refractivity contribution in [3.63, 3.8) is 0 Å². The third kappa shape index (κ3) is 4.62. The van der Waals surface area contributed by atoms with Crippen LogP contribution >= 0.6 is 15.9 Å². The maximum Gasteiger partial charge on any atom is 0.123 e. The second kappa shape index (κ2) is 6.58. The zero-order valence-corrected chi connectivity index (χ0v) is 12.8. The molecule has 0 bridgehead atoms. The van der Waals surface area contributed by atoms with E-state index >= 15 is 0 Å². The van der Waals surface area contributed by atoms with Gasteiger partial charge in [0.2, 0.25) is 0 Å². The van der Waals surface area contributed by atoms with E-state index in [9.17, 15) is 0 Å². The van der Waals surface area contributed by atoms with Gasteiger partial charge in [0.25, 0.3) is 0 Å². The number of nitrogens with one attached hydrogen (secondary N) is 1. The first-order valence-corrected chi connectivity index (χ1v) is 7.60. The van der Waals surface area contributed by atoms with E-state index in [1.165, 1.54) is 24.8 Å². The Morgan fingerprint density at radius 2 is 2.22 bits per heavy atom. The summed E-state index contributed by atoms with van der Waals surface area (Å²) in [6.07, 6.45) is 5.29. The summed E-state index contributed by atoms with van der Waals surface area (Å²) in [5.41, 5.74) is 1.20. The van der Waals surface area contributed by atoms with E-state index < -0.39 is 0 Å². The van der Waals surface area contributed by atoms with Crippen molar-refractivity contribution in [1.82, 2.24) is 5.32 Å². The highest BCUT2D eigenvalue weighted by Crippen LogP contribution is 2.24. The highest BCUT2D eigenvalue weighted by molar-refractivity contribution is 9.10. The summed E-state index contributed by atoms with van der Waals surface area (Å²) < 4.78 is 7.07. The van der Waals surface area contributed by atoms with Crippen molar-refractivity contribution in [2.45, 2.75) is 51.7 Å². The van der Waals surface area contributed by atoms with Gasteiger partial charge in [-0.25, -0.2) is 0 Å². The van der Waals surface area contributed by atoms with Crippen LogP contribution in [0.1, 0.15) is 38.2 Å². The summed E-state index contributed by atoms with van der Waals surface area (Å²) in [5, 5.41) is 3.53. The molecule has 1 N–H and O–H groups in total. The van der Waals surface area contributed by atoms with Crippen molar-refractivity contribution in [1.29, 1.82) is 0 Å². The fourth-order valence-corrected chi connectivity index (χ4v) is 2.30. The third-order valence-corrected chi connectivity index (χ3v) is 3.77. The van der Waals surface area contributed by atoms with E-state index in [0.29, 0.717) is 0 Å². The lowest BCUT2D eigenvalue weighted by atomic mass is 10.2. The molecule has 0 amide bonds. The quantitative estimate of drug-likeness (QED) is 0.767. The van der Waals surface area contributed by atoms with Gasteiger partial charge in [0.05, 0.1) is 6.10 Å². The van der Waals surface area contributed by atoms with Crippen LogP contribution in [0.4, 0.5) is 0 Å². The van der Waals surface area contributed by atoms with Crippen molar-refractivity contribution >= 4 is 15.9 Å². The van der Waals surface area contributed by atoms with Gasteiger partial charge in [-0.3, -0.25) is 0 Å². The minimum absolute atomic E-state index is 0.277. The van der Waals surface area contributed by atoms with Gasteiger partial charge in [0, 0.05) is 10.5 Å². The largest absolute Gasteiger partial charge is 0.490 e. The van der Waals surface area contributed by atoms with Crippen molar-refractivity contribution in [3.8, 4) is 5.75 Å². The predicted molar refractivity (Wildman–Crippen MR) is 79.2 cm³/mol. The number of aryl methyl sites for hydroxylation is 1. The molecule has 2 nitrogen and oxygen atoms in total. The van der Waals surface area contributed by atoms with Crippen LogP contribution in [-0.4, -0.2) is 18.7 Å². The van der Waals surface area contributed by atoms with Gasteiger partial charge in [0.1, 0.15) is 5.75 Å². The second-order valence-electron chi connectivity index (χ2n) is 5.21. The lowest BCUT2D eigenvalue weighted by Gasteiger charge is -2.16. The Kier molecular flexibility index (Phi) is 5.07. The first-order chi connectivity index (χ1) is 8.65. The topological polar surface area (TPSA) is 21.3 Å². The molecule has 0 heterocycles. The Morgan fingerprint density at radius 1 is 1.44 bits per heavy atom. The average Bonchev–Trinajstić information content (AvgIpc) is 3.13. The van der Waals surface area contributed by atoms with Gasteiger partial charge in [-0.1, -0.05) is 22.0 Å². The minimum atomic E-state index is 0.277. The molecule has 1 fully saturated rings. The van der Waals surface area contributed by atoms with E-state index in [2.05, 4.69) is 41.2 Å². The Labute approximate surface area is 118 Å². The van der Waals surface area contributed by atoms with Crippen LogP contribution in [0, 0.1) is 6.92 Å². The van der Waals surface area contributed by atoms with E-state index in [-0.39, 0.29) is 6.10 Å². The van der Waals surface area contributed by atoms with Gasteiger partial charge in [0.15, 0.2) is 0 Å². The minimum Gasteiger partial charge on any atom is -0.490 e. The van der Waals surface area contributed by atoms with Crippen LogP contribution in [0.2, 0.25) is 0 Å². The molecular weight excluding hydrogens is 290 g/mol. The molecule has 0 spiro atoms. The molecular formula is C15H22BrNO. The monoisotopic (exact) mass is 311 g/mol. The molecule has 18 heavy (non-hydrogen) atoms. The van der Waals surface area contributed by atoms with Gasteiger partial charge in [-0.2, -0.15) is 0 Å². The van der Waals surface area contributed by atoms with Crippen LogP contribution in [-0.2, 0) is 0 Å². The van der Waals surface area contributed by atoms with Crippen LogP contribution in [0.25, 0.3) is 0 Å². The van der Waals surface area contributed by atoms with Crippen LogP contribution in [0.5, 0.6) is 5.75 Å². The summed E-state index contributed by atoms with van der Waals surface area (Å²) in [5.74, 6) is 0.993. The first-order valence-electron chi connectivity index (χ1n) is 6.81. The van der Waals surface area contributed by atoms with Crippen LogP contribution in [0.15, 0.2) is 22.7 Å². The molecule has 0 aliphatic heterocycles. The SMILES string of the molecule is Cc1ccc(Br)cc1OC(C)CCCNC1CC1. The molecule has 1 unspecified atom stereocenters. The molecule has 1 aliphatic rings. The van der Waals surface area contributed by atoms with Crippen molar-refractivity contribution in [2.75, 3.05) is 6.54 Å². The summed E-state index contributed by atoms with van der Waals surface area (Å²) in [6.45, 7) is 5.36. The normalized spacial score (nSPS) is 16.6. The number of ether oxygens (including phenoxy) is 1. The summed E-state index contributed by atoms with van der Waals surface area (Å²) >= 11 is 3.48. The van der Waals surface area contributed by atoms with Gasteiger partial charge >= 0.3 is 0 Å². The molecule has 1 aliphatic carbocycles. The molecule has 0 aromatic heterocycles. The zero-order chi connectivity index (χ0) is 13.0. The number of halogens is 1.